The smallest absolute Gasteiger partial charge is 0.0702 e. The van der Waals surface area contributed by atoms with E-state index in [1.165, 1.54) is 11.3 Å². The Labute approximate surface area is 116 Å². The fourth-order valence-corrected chi connectivity index (χ4v) is 2.53. The van der Waals surface area contributed by atoms with Crippen LogP contribution in [0.5, 0.6) is 0 Å². The molecule has 3 heteroatoms. The highest BCUT2D eigenvalue weighted by Gasteiger charge is 2.19. The number of aliphatic hydroxyl groups is 1. The summed E-state index contributed by atoms with van der Waals surface area (Å²) in [7, 11) is 2.16. The lowest BCUT2D eigenvalue weighted by atomic mass is 9.86. The van der Waals surface area contributed by atoms with E-state index in [1.54, 1.807) is 0 Å². The van der Waals surface area contributed by atoms with E-state index >= 15 is 0 Å². The average molecular weight is 262 g/mol. The standard InChI is InChI=1S/C16H26N2O/c1-16(2,3)14-5-6-15(13(11-14)12-19)18-9-7-17(4)8-10-18/h5-6,11,19H,7-10,12H2,1-4H3. The maximum Gasteiger partial charge on any atom is 0.0702 e. The minimum absolute atomic E-state index is 0.117. The van der Waals surface area contributed by atoms with Crippen LogP contribution in [0, 0.1) is 0 Å². The zero-order valence-electron chi connectivity index (χ0n) is 12.6. The van der Waals surface area contributed by atoms with Gasteiger partial charge in [-0.2, -0.15) is 0 Å². The molecule has 1 aliphatic rings. The molecule has 1 aliphatic heterocycles. The Morgan fingerprint density at radius 3 is 2.26 bits per heavy atom. The lowest BCUT2D eigenvalue weighted by molar-refractivity contribution is 0.280. The zero-order valence-corrected chi connectivity index (χ0v) is 12.6. The van der Waals surface area contributed by atoms with Crippen LogP contribution in [-0.4, -0.2) is 43.2 Å². The van der Waals surface area contributed by atoms with E-state index in [2.05, 4.69) is 55.8 Å². The number of anilines is 1. The molecule has 0 bridgehead atoms. The molecular weight excluding hydrogens is 236 g/mol. The maximum atomic E-state index is 9.65. The Kier molecular flexibility index (Phi) is 4.16. The van der Waals surface area contributed by atoms with E-state index in [4.69, 9.17) is 0 Å². The Morgan fingerprint density at radius 2 is 1.74 bits per heavy atom. The zero-order chi connectivity index (χ0) is 14.0. The first-order chi connectivity index (χ1) is 8.91. The van der Waals surface area contributed by atoms with Gasteiger partial charge in [0, 0.05) is 37.4 Å². The predicted octanol–water partition coefficient (Wildman–Crippen LogP) is 2.23. The number of likely N-dealkylation sites (N-methyl/N-ethyl adjacent to an activating group) is 1. The third-order valence-electron chi connectivity index (χ3n) is 3.96. The van der Waals surface area contributed by atoms with Crippen LogP contribution in [0.15, 0.2) is 18.2 Å². The van der Waals surface area contributed by atoms with Crippen molar-refractivity contribution in [3.63, 3.8) is 0 Å². The highest BCUT2D eigenvalue weighted by molar-refractivity contribution is 5.56. The Morgan fingerprint density at radius 1 is 1.11 bits per heavy atom. The molecule has 2 rings (SSSR count). The molecule has 3 nitrogen and oxygen atoms in total. The fourth-order valence-electron chi connectivity index (χ4n) is 2.53. The van der Waals surface area contributed by atoms with Crippen molar-refractivity contribution in [3.8, 4) is 0 Å². The van der Waals surface area contributed by atoms with Crippen LogP contribution in [0.2, 0.25) is 0 Å². The number of piperazine rings is 1. The van der Waals surface area contributed by atoms with E-state index in [1.807, 2.05) is 0 Å². The van der Waals surface area contributed by atoms with Crippen molar-refractivity contribution in [2.75, 3.05) is 38.1 Å². The summed E-state index contributed by atoms with van der Waals surface area (Å²) < 4.78 is 0. The summed E-state index contributed by atoms with van der Waals surface area (Å²) in [4.78, 5) is 4.73. The molecular formula is C16H26N2O. The van der Waals surface area contributed by atoms with Gasteiger partial charge in [-0.1, -0.05) is 32.9 Å². The van der Waals surface area contributed by atoms with Crippen molar-refractivity contribution < 1.29 is 5.11 Å². The molecule has 1 aromatic rings. The number of rotatable bonds is 2. The third-order valence-corrected chi connectivity index (χ3v) is 3.96. The van der Waals surface area contributed by atoms with Gasteiger partial charge in [0.25, 0.3) is 0 Å². The minimum atomic E-state index is 0.117. The average Bonchev–Trinajstić information content (AvgIpc) is 2.38. The van der Waals surface area contributed by atoms with Gasteiger partial charge in [0.15, 0.2) is 0 Å². The number of nitrogens with zero attached hydrogens (tertiary/aromatic N) is 2. The van der Waals surface area contributed by atoms with E-state index in [9.17, 15) is 5.11 Å². The van der Waals surface area contributed by atoms with Gasteiger partial charge in [0.05, 0.1) is 6.61 Å². The second-order valence-electron chi connectivity index (χ2n) is 6.54. The van der Waals surface area contributed by atoms with Crippen LogP contribution >= 0.6 is 0 Å². The van der Waals surface area contributed by atoms with Crippen LogP contribution in [0.1, 0.15) is 31.9 Å². The molecule has 1 aromatic carbocycles. The van der Waals surface area contributed by atoms with Crippen LogP contribution in [0.3, 0.4) is 0 Å². The Hall–Kier alpha value is -1.06. The Balaban J connectivity index is 2.26. The molecule has 0 saturated carbocycles. The normalized spacial score (nSPS) is 17.8. The number of benzene rings is 1. The maximum absolute atomic E-state index is 9.65. The third kappa shape index (κ3) is 3.28. The SMILES string of the molecule is CN1CCN(c2ccc(C(C)(C)C)cc2CO)CC1. The first-order valence-electron chi connectivity index (χ1n) is 7.09. The van der Waals surface area contributed by atoms with Crippen molar-refractivity contribution in [1.29, 1.82) is 0 Å². The molecule has 0 spiro atoms. The molecule has 0 atom stereocenters. The molecule has 0 amide bonds. The van der Waals surface area contributed by atoms with Gasteiger partial charge in [0.2, 0.25) is 0 Å². The summed E-state index contributed by atoms with van der Waals surface area (Å²) in [6, 6.07) is 6.54. The van der Waals surface area contributed by atoms with Crippen molar-refractivity contribution >= 4 is 5.69 Å². The molecule has 1 saturated heterocycles. The van der Waals surface area contributed by atoms with Gasteiger partial charge < -0.3 is 14.9 Å². The molecule has 0 unspecified atom stereocenters. The second-order valence-corrected chi connectivity index (χ2v) is 6.54. The van der Waals surface area contributed by atoms with Gasteiger partial charge in [-0.3, -0.25) is 0 Å². The summed E-state index contributed by atoms with van der Waals surface area (Å²) in [5.74, 6) is 0. The van der Waals surface area contributed by atoms with Gasteiger partial charge >= 0.3 is 0 Å². The molecule has 1 fully saturated rings. The highest BCUT2D eigenvalue weighted by atomic mass is 16.3. The van der Waals surface area contributed by atoms with Crippen LogP contribution in [0.25, 0.3) is 0 Å². The molecule has 19 heavy (non-hydrogen) atoms. The summed E-state index contributed by atoms with van der Waals surface area (Å²) in [5, 5.41) is 9.65. The molecule has 106 valence electrons. The topological polar surface area (TPSA) is 26.7 Å². The van der Waals surface area contributed by atoms with Gasteiger partial charge in [-0.15, -0.1) is 0 Å². The summed E-state index contributed by atoms with van der Waals surface area (Å²) >= 11 is 0. The number of hydrogen-bond acceptors (Lipinski definition) is 3. The van der Waals surface area contributed by atoms with Crippen molar-refractivity contribution in [1.82, 2.24) is 4.90 Å². The fraction of sp³-hybridized carbons (Fsp3) is 0.625. The molecule has 0 aliphatic carbocycles. The predicted molar refractivity (Wildman–Crippen MR) is 80.8 cm³/mol. The number of hydrogen-bond donors (Lipinski definition) is 1. The van der Waals surface area contributed by atoms with Crippen LogP contribution in [-0.2, 0) is 12.0 Å². The quantitative estimate of drug-likeness (QED) is 0.885. The summed E-state index contributed by atoms with van der Waals surface area (Å²) in [6.45, 7) is 11.0. The first kappa shape index (κ1) is 14.4. The van der Waals surface area contributed by atoms with E-state index in [0.717, 1.165) is 31.7 Å². The monoisotopic (exact) mass is 262 g/mol. The molecule has 0 radical (unpaired) electrons. The molecule has 1 N–H and O–H groups in total. The van der Waals surface area contributed by atoms with Crippen molar-refractivity contribution in [2.45, 2.75) is 32.8 Å². The van der Waals surface area contributed by atoms with E-state index < -0.39 is 0 Å². The van der Waals surface area contributed by atoms with E-state index in [-0.39, 0.29) is 12.0 Å². The van der Waals surface area contributed by atoms with E-state index in [0.29, 0.717) is 0 Å². The van der Waals surface area contributed by atoms with Crippen LogP contribution < -0.4 is 4.90 Å². The lowest BCUT2D eigenvalue weighted by Crippen LogP contribution is -2.44. The first-order valence-corrected chi connectivity index (χ1v) is 7.09. The van der Waals surface area contributed by atoms with Crippen molar-refractivity contribution in [3.05, 3.63) is 29.3 Å². The lowest BCUT2D eigenvalue weighted by Gasteiger charge is -2.35. The van der Waals surface area contributed by atoms with Gasteiger partial charge in [0.1, 0.15) is 0 Å². The van der Waals surface area contributed by atoms with Crippen LogP contribution in [0.4, 0.5) is 5.69 Å². The van der Waals surface area contributed by atoms with Crippen molar-refractivity contribution in [2.24, 2.45) is 0 Å². The highest BCUT2D eigenvalue weighted by Crippen LogP contribution is 2.29. The Bertz CT molecular complexity index is 429. The second kappa shape index (κ2) is 5.51. The van der Waals surface area contributed by atoms with Gasteiger partial charge in [-0.25, -0.2) is 0 Å². The largest absolute Gasteiger partial charge is 0.392 e. The molecule has 1 heterocycles. The summed E-state index contributed by atoms with van der Waals surface area (Å²) in [5.41, 5.74) is 3.67. The molecule has 0 aromatic heterocycles. The van der Waals surface area contributed by atoms with Gasteiger partial charge in [-0.05, 0) is 24.1 Å². The number of aliphatic hydroxyl groups excluding tert-OH is 1. The minimum Gasteiger partial charge on any atom is -0.392 e. The summed E-state index contributed by atoms with van der Waals surface area (Å²) in [6.07, 6.45) is 0.